The van der Waals surface area contributed by atoms with Crippen molar-refractivity contribution in [3.8, 4) is 0 Å². The van der Waals surface area contributed by atoms with Crippen LogP contribution in [0.25, 0.3) is 0 Å². The van der Waals surface area contributed by atoms with Gasteiger partial charge in [0, 0.05) is 18.6 Å². The van der Waals surface area contributed by atoms with Gasteiger partial charge in [0.15, 0.2) is 0 Å². The normalized spacial score (nSPS) is 18.8. The molecular formula is C15H30N2O2. The highest BCUT2D eigenvalue weighted by molar-refractivity contribution is 5.68. The molecule has 0 aromatic heterocycles. The van der Waals surface area contributed by atoms with E-state index in [9.17, 15) is 4.79 Å². The van der Waals surface area contributed by atoms with Crippen LogP contribution in [0.3, 0.4) is 0 Å². The topological polar surface area (TPSA) is 50.4 Å². The Morgan fingerprint density at radius 3 is 2.47 bits per heavy atom. The minimum Gasteiger partial charge on any atom is -0.444 e. The zero-order valence-corrected chi connectivity index (χ0v) is 13.1. The first-order valence-corrected chi connectivity index (χ1v) is 7.54. The van der Waals surface area contributed by atoms with Crippen molar-refractivity contribution in [3.63, 3.8) is 0 Å². The Kier molecular flexibility index (Phi) is 6.11. The summed E-state index contributed by atoms with van der Waals surface area (Å²) in [6.07, 6.45) is 4.48. The molecule has 1 rings (SSSR count). The molecule has 0 saturated heterocycles. The summed E-state index contributed by atoms with van der Waals surface area (Å²) in [5.41, 5.74) is -0.429. The number of hydrogen-bond acceptors (Lipinski definition) is 3. The molecule has 2 unspecified atom stereocenters. The number of ether oxygens (including phenoxy) is 1. The maximum Gasteiger partial charge on any atom is 0.407 e. The first kappa shape index (κ1) is 16.3. The number of hydrogen-bond donors (Lipinski definition) is 2. The third-order valence-corrected chi connectivity index (χ3v) is 3.30. The molecule has 112 valence electrons. The molecule has 4 heteroatoms. The summed E-state index contributed by atoms with van der Waals surface area (Å²) < 4.78 is 5.32. The van der Waals surface area contributed by atoms with Gasteiger partial charge in [0.25, 0.3) is 0 Å². The van der Waals surface area contributed by atoms with Crippen LogP contribution in [0.15, 0.2) is 0 Å². The van der Waals surface area contributed by atoms with Gasteiger partial charge in [-0.25, -0.2) is 4.79 Å². The van der Waals surface area contributed by atoms with Crippen molar-refractivity contribution < 1.29 is 9.53 Å². The molecule has 1 aliphatic rings. The van der Waals surface area contributed by atoms with Gasteiger partial charge >= 0.3 is 6.09 Å². The van der Waals surface area contributed by atoms with E-state index in [0.29, 0.717) is 12.0 Å². The maximum absolute atomic E-state index is 11.8. The second-order valence-electron chi connectivity index (χ2n) is 6.69. The minimum atomic E-state index is -0.429. The molecule has 0 bridgehead atoms. The van der Waals surface area contributed by atoms with E-state index >= 15 is 0 Å². The number of amides is 1. The van der Waals surface area contributed by atoms with Crippen LogP contribution >= 0.6 is 0 Å². The predicted molar refractivity (Wildman–Crippen MR) is 78.3 cm³/mol. The number of nitrogens with one attached hydrogen (secondary N) is 2. The highest BCUT2D eigenvalue weighted by atomic mass is 16.6. The average molecular weight is 270 g/mol. The molecule has 4 nitrogen and oxygen atoms in total. The third-order valence-electron chi connectivity index (χ3n) is 3.30. The number of alkyl carbamates (subject to hydrolysis) is 1. The second kappa shape index (κ2) is 7.13. The monoisotopic (exact) mass is 270 g/mol. The number of carbonyl (C=O) groups is 1. The number of rotatable bonds is 7. The summed E-state index contributed by atoms with van der Waals surface area (Å²) in [5.74, 6) is 0.619. The van der Waals surface area contributed by atoms with Crippen molar-refractivity contribution in [1.82, 2.24) is 10.6 Å². The lowest BCUT2D eigenvalue weighted by Crippen LogP contribution is -2.47. The van der Waals surface area contributed by atoms with E-state index in [1.54, 1.807) is 0 Å². The van der Waals surface area contributed by atoms with Crippen LogP contribution in [-0.2, 0) is 4.74 Å². The van der Waals surface area contributed by atoms with E-state index in [0.717, 1.165) is 6.54 Å². The Morgan fingerprint density at radius 1 is 1.37 bits per heavy atom. The molecule has 0 aromatic rings. The molecule has 19 heavy (non-hydrogen) atoms. The number of carbonyl (C=O) groups excluding carboxylic acids is 1. The summed E-state index contributed by atoms with van der Waals surface area (Å²) in [6.45, 7) is 10.9. The van der Waals surface area contributed by atoms with Crippen LogP contribution in [0.2, 0.25) is 0 Å². The van der Waals surface area contributed by atoms with Gasteiger partial charge in [-0.3, -0.25) is 0 Å². The van der Waals surface area contributed by atoms with Crippen molar-refractivity contribution in [2.45, 2.75) is 78.0 Å². The van der Waals surface area contributed by atoms with Crippen molar-refractivity contribution >= 4 is 6.09 Å². The van der Waals surface area contributed by atoms with Crippen LogP contribution in [0.5, 0.6) is 0 Å². The van der Waals surface area contributed by atoms with Gasteiger partial charge in [0.1, 0.15) is 5.60 Å². The van der Waals surface area contributed by atoms with E-state index < -0.39 is 5.60 Å². The quantitative estimate of drug-likeness (QED) is 0.747. The second-order valence-corrected chi connectivity index (χ2v) is 6.69. The Morgan fingerprint density at radius 2 is 2.00 bits per heavy atom. The standard InChI is InChI=1S/C15H30N2O2/c1-6-7-11(2)16-10-13(12-8-9-12)17-14(18)19-15(3,4)5/h11-13,16H,6-10H2,1-5H3,(H,17,18). The molecule has 1 amide bonds. The lowest BCUT2D eigenvalue weighted by Gasteiger charge is -2.25. The first-order valence-electron chi connectivity index (χ1n) is 7.54. The van der Waals surface area contributed by atoms with Crippen LogP contribution in [0.1, 0.15) is 60.3 Å². The lowest BCUT2D eigenvalue weighted by atomic mass is 10.1. The molecule has 1 aliphatic carbocycles. The molecule has 2 atom stereocenters. The van der Waals surface area contributed by atoms with Gasteiger partial charge in [-0.2, -0.15) is 0 Å². The SMILES string of the molecule is CCCC(C)NCC(NC(=O)OC(C)(C)C)C1CC1. The minimum absolute atomic E-state index is 0.203. The van der Waals surface area contributed by atoms with Gasteiger partial charge in [-0.1, -0.05) is 13.3 Å². The van der Waals surface area contributed by atoms with Gasteiger partial charge in [-0.15, -0.1) is 0 Å². The van der Waals surface area contributed by atoms with Crippen LogP contribution in [-0.4, -0.2) is 30.3 Å². The summed E-state index contributed by atoms with van der Waals surface area (Å²) in [4.78, 5) is 11.8. The van der Waals surface area contributed by atoms with Crippen molar-refractivity contribution in [2.24, 2.45) is 5.92 Å². The van der Waals surface area contributed by atoms with Gasteiger partial charge in [0.05, 0.1) is 0 Å². The van der Waals surface area contributed by atoms with Crippen molar-refractivity contribution in [2.75, 3.05) is 6.54 Å². The Bertz CT molecular complexity index is 282. The molecule has 1 fully saturated rings. The first-order chi connectivity index (χ1) is 8.81. The van der Waals surface area contributed by atoms with Gasteiger partial charge < -0.3 is 15.4 Å². The van der Waals surface area contributed by atoms with Crippen LogP contribution in [0.4, 0.5) is 4.79 Å². The fourth-order valence-corrected chi connectivity index (χ4v) is 2.16. The summed E-state index contributed by atoms with van der Waals surface area (Å²) in [5, 5.41) is 6.51. The average Bonchev–Trinajstić information content (AvgIpc) is 3.05. The van der Waals surface area contributed by atoms with Crippen LogP contribution in [0, 0.1) is 5.92 Å². The fourth-order valence-electron chi connectivity index (χ4n) is 2.16. The smallest absolute Gasteiger partial charge is 0.407 e. The molecule has 0 aromatic carbocycles. The van der Waals surface area contributed by atoms with Crippen molar-refractivity contribution in [1.29, 1.82) is 0 Å². The highest BCUT2D eigenvalue weighted by Gasteiger charge is 2.33. The molecule has 0 spiro atoms. The van der Waals surface area contributed by atoms with E-state index in [1.807, 2.05) is 20.8 Å². The maximum atomic E-state index is 11.8. The summed E-state index contributed by atoms with van der Waals surface area (Å²) in [7, 11) is 0. The zero-order chi connectivity index (χ0) is 14.5. The third kappa shape index (κ3) is 7.41. The summed E-state index contributed by atoms with van der Waals surface area (Å²) in [6, 6.07) is 0.709. The fraction of sp³-hybridized carbons (Fsp3) is 0.933. The summed E-state index contributed by atoms with van der Waals surface area (Å²) >= 11 is 0. The van der Waals surface area contributed by atoms with Crippen LogP contribution < -0.4 is 10.6 Å². The molecule has 2 N–H and O–H groups in total. The van der Waals surface area contributed by atoms with Gasteiger partial charge in [0.2, 0.25) is 0 Å². The molecular weight excluding hydrogens is 240 g/mol. The van der Waals surface area contributed by atoms with E-state index in [2.05, 4.69) is 24.5 Å². The van der Waals surface area contributed by atoms with E-state index in [1.165, 1.54) is 25.7 Å². The highest BCUT2D eigenvalue weighted by Crippen LogP contribution is 2.32. The molecule has 0 aliphatic heterocycles. The Labute approximate surface area is 117 Å². The Hall–Kier alpha value is -0.770. The molecule has 0 radical (unpaired) electrons. The largest absolute Gasteiger partial charge is 0.444 e. The van der Waals surface area contributed by atoms with E-state index in [4.69, 9.17) is 4.74 Å². The zero-order valence-electron chi connectivity index (χ0n) is 13.1. The van der Waals surface area contributed by atoms with E-state index in [-0.39, 0.29) is 12.1 Å². The lowest BCUT2D eigenvalue weighted by molar-refractivity contribution is 0.0496. The molecule has 0 heterocycles. The van der Waals surface area contributed by atoms with Crippen molar-refractivity contribution in [3.05, 3.63) is 0 Å². The van der Waals surface area contributed by atoms with Gasteiger partial charge in [-0.05, 0) is 52.9 Å². The predicted octanol–water partition coefficient (Wildman–Crippen LogP) is 3.07. The molecule has 1 saturated carbocycles. The Balaban J connectivity index is 2.34.